The smallest absolute Gasteiger partial charge is 0.257 e. The number of amides is 1. The number of pyridine rings is 1. The second-order valence-electron chi connectivity index (χ2n) is 5.42. The van der Waals surface area contributed by atoms with Gasteiger partial charge in [-0.1, -0.05) is 18.2 Å². The molecule has 5 nitrogen and oxygen atoms in total. The molecule has 0 unspecified atom stereocenters. The van der Waals surface area contributed by atoms with Crippen molar-refractivity contribution >= 4 is 11.7 Å². The molecule has 3 aromatic rings. The summed E-state index contributed by atoms with van der Waals surface area (Å²) in [5, 5.41) is 7.21. The molecule has 0 aliphatic rings. The van der Waals surface area contributed by atoms with Crippen LogP contribution in [-0.2, 0) is 6.54 Å². The Labute approximate surface area is 135 Å². The molecule has 0 bridgehead atoms. The molecule has 0 radical (unpaired) electrons. The molecular weight excluding hydrogens is 288 g/mol. The van der Waals surface area contributed by atoms with E-state index < -0.39 is 0 Å². The van der Waals surface area contributed by atoms with Gasteiger partial charge in [0.05, 0.1) is 12.2 Å². The summed E-state index contributed by atoms with van der Waals surface area (Å²) in [5.41, 5.74) is 3.67. The molecule has 0 aliphatic heterocycles. The van der Waals surface area contributed by atoms with Crippen LogP contribution >= 0.6 is 0 Å². The van der Waals surface area contributed by atoms with E-state index in [2.05, 4.69) is 15.4 Å². The lowest BCUT2D eigenvalue weighted by Crippen LogP contribution is -2.14. The summed E-state index contributed by atoms with van der Waals surface area (Å²) in [6.07, 6.45) is 3.58. The summed E-state index contributed by atoms with van der Waals surface area (Å²) in [5.74, 6) is 0.390. The van der Waals surface area contributed by atoms with Gasteiger partial charge < -0.3 is 5.32 Å². The Kier molecular flexibility index (Phi) is 4.19. The zero-order valence-corrected chi connectivity index (χ0v) is 13.2. The molecule has 1 aromatic carbocycles. The number of rotatable bonds is 4. The van der Waals surface area contributed by atoms with Crippen LogP contribution in [0.5, 0.6) is 0 Å². The zero-order valence-electron chi connectivity index (χ0n) is 13.2. The molecule has 0 saturated carbocycles. The summed E-state index contributed by atoms with van der Waals surface area (Å²) >= 11 is 0. The number of aryl methyl sites for hydroxylation is 1. The Bertz CT molecular complexity index is 824. The van der Waals surface area contributed by atoms with Crippen LogP contribution in [0.1, 0.15) is 27.2 Å². The lowest BCUT2D eigenvalue weighted by atomic mass is 10.0. The summed E-state index contributed by atoms with van der Waals surface area (Å²) in [6, 6.07) is 13.2. The van der Waals surface area contributed by atoms with Gasteiger partial charge in [0, 0.05) is 24.0 Å². The highest BCUT2D eigenvalue weighted by molar-refractivity contribution is 6.04. The van der Waals surface area contributed by atoms with Gasteiger partial charge in [-0.2, -0.15) is 5.10 Å². The topological polar surface area (TPSA) is 59.8 Å². The van der Waals surface area contributed by atoms with Crippen molar-refractivity contribution in [2.75, 3.05) is 5.32 Å². The van der Waals surface area contributed by atoms with Crippen molar-refractivity contribution in [2.45, 2.75) is 20.4 Å². The van der Waals surface area contributed by atoms with Gasteiger partial charge in [0.15, 0.2) is 5.82 Å². The third-order valence-corrected chi connectivity index (χ3v) is 3.78. The second kappa shape index (κ2) is 6.44. The number of aromatic nitrogens is 3. The highest BCUT2D eigenvalue weighted by Gasteiger charge is 2.11. The molecule has 116 valence electrons. The van der Waals surface area contributed by atoms with Crippen LogP contribution in [-0.4, -0.2) is 20.7 Å². The Morgan fingerprint density at radius 3 is 2.78 bits per heavy atom. The fourth-order valence-corrected chi connectivity index (χ4v) is 2.35. The average Bonchev–Trinajstić information content (AvgIpc) is 2.98. The Hall–Kier alpha value is -2.95. The number of carbonyl (C=O) groups excluding carboxylic acids is 1. The fourth-order valence-electron chi connectivity index (χ4n) is 2.35. The van der Waals surface area contributed by atoms with Crippen LogP contribution in [0.25, 0.3) is 0 Å². The van der Waals surface area contributed by atoms with E-state index >= 15 is 0 Å². The van der Waals surface area contributed by atoms with Crippen LogP contribution in [0.2, 0.25) is 0 Å². The number of nitrogens with zero attached hydrogens (tertiary/aromatic N) is 3. The van der Waals surface area contributed by atoms with Gasteiger partial charge in [0.1, 0.15) is 0 Å². The van der Waals surface area contributed by atoms with Crippen molar-refractivity contribution in [1.29, 1.82) is 0 Å². The van der Waals surface area contributed by atoms with E-state index in [9.17, 15) is 4.79 Å². The first kappa shape index (κ1) is 15.0. The number of benzene rings is 1. The molecule has 0 fully saturated rings. The second-order valence-corrected chi connectivity index (χ2v) is 5.42. The minimum Gasteiger partial charge on any atom is -0.305 e. The molecular formula is C18H18N4O. The molecule has 0 spiro atoms. The van der Waals surface area contributed by atoms with E-state index in [0.29, 0.717) is 17.9 Å². The third-order valence-electron chi connectivity index (χ3n) is 3.78. The molecule has 5 heteroatoms. The Morgan fingerprint density at radius 2 is 2.00 bits per heavy atom. The van der Waals surface area contributed by atoms with Gasteiger partial charge in [0.25, 0.3) is 5.91 Å². The van der Waals surface area contributed by atoms with Crippen LogP contribution in [0, 0.1) is 13.8 Å². The maximum Gasteiger partial charge on any atom is 0.257 e. The van der Waals surface area contributed by atoms with E-state index in [1.807, 2.05) is 56.4 Å². The quantitative estimate of drug-likeness (QED) is 0.805. The minimum atomic E-state index is -0.144. The maximum absolute atomic E-state index is 12.4. The van der Waals surface area contributed by atoms with Crippen LogP contribution < -0.4 is 5.32 Å². The Morgan fingerprint density at radius 1 is 1.13 bits per heavy atom. The normalized spacial score (nSPS) is 10.5. The lowest BCUT2D eigenvalue weighted by molar-refractivity contribution is 0.102. The zero-order chi connectivity index (χ0) is 16.2. The van der Waals surface area contributed by atoms with E-state index in [1.165, 1.54) is 0 Å². The fraction of sp³-hybridized carbons (Fsp3) is 0.167. The first-order valence-electron chi connectivity index (χ1n) is 7.44. The van der Waals surface area contributed by atoms with E-state index in [0.717, 1.165) is 16.8 Å². The molecule has 23 heavy (non-hydrogen) atoms. The standard InChI is InChI=1S/C18H18N4O/c1-13-6-5-8-16(14(13)2)18(23)20-17-9-11-22(21-17)12-15-7-3-4-10-19-15/h3-11H,12H2,1-2H3,(H,20,21,23). The third kappa shape index (κ3) is 3.45. The summed E-state index contributed by atoms with van der Waals surface area (Å²) in [4.78, 5) is 16.6. The monoisotopic (exact) mass is 306 g/mol. The van der Waals surface area contributed by atoms with Crippen LogP contribution in [0.15, 0.2) is 54.9 Å². The number of anilines is 1. The number of nitrogens with one attached hydrogen (secondary N) is 1. The van der Waals surface area contributed by atoms with E-state index in [1.54, 1.807) is 16.9 Å². The highest BCUT2D eigenvalue weighted by atomic mass is 16.1. The van der Waals surface area contributed by atoms with Gasteiger partial charge in [-0.3, -0.25) is 14.5 Å². The molecule has 1 amide bonds. The number of carbonyl (C=O) groups is 1. The Balaban J connectivity index is 1.71. The SMILES string of the molecule is Cc1cccc(C(=O)Nc2ccn(Cc3ccccn3)n2)c1C. The number of hydrogen-bond donors (Lipinski definition) is 1. The van der Waals surface area contributed by atoms with Gasteiger partial charge in [-0.25, -0.2) is 0 Å². The molecule has 0 atom stereocenters. The number of hydrogen-bond acceptors (Lipinski definition) is 3. The highest BCUT2D eigenvalue weighted by Crippen LogP contribution is 2.14. The molecule has 0 saturated heterocycles. The molecule has 2 aromatic heterocycles. The predicted molar refractivity (Wildman–Crippen MR) is 89.4 cm³/mol. The van der Waals surface area contributed by atoms with Crippen molar-refractivity contribution in [3.8, 4) is 0 Å². The van der Waals surface area contributed by atoms with E-state index in [-0.39, 0.29) is 5.91 Å². The van der Waals surface area contributed by atoms with Crippen molar-refractivity contribution in [2.24, 2.45) is 0 Å². The first-order chi connectivity index (χ1) is 11.1. The molecule has 1 N–H and O–H groups in total. The van der Waals surface area contributed by atoms with Crippen LogP contribution in [0.3, 0.4) is 0 Å². The van der Waals surface area contributed by atoms with E-state index in [4.69, 9.17) is 0 Å². The molecule has 0 aliphatic carbocycles. The van der Waals surface area contributed by atoms with Gasteiger partial charge in [-0.15, -0.1) is 0 Å². The van der Waals surface area contributed by atoms with Crippen molar-refractivity contribution < 1.29 is 4.79 Å². The minimum absolute atomic E-state index is 0.144. The van der Waals surface area contributed by atoms with Crippen molar-refractivity contribution in [3.05, 3.63) is 77.2 Å². The first-order valence-corrected chi connectivity index (χ1v) is 7.44. The van der Waals surface area contributed by atoms with Gasteiger partial charge in [0.2, 0.25) is 0 Å². The van der Waals surface area contributed by atoms with Crippen molar-refractivity contribution in [3.63, 3.8) is 0 Å². The summed E-state index contributed by atoms with van der Waals surface area (Å²) < 4.78 is 1.75. The van der Waals surface area contributed by atoms with Crippen molar-refractivity contribution in [1.82, 2.24) is 14.8 Å². The van der Waals surface area contributed by atoms with Gasteiger partial charge in [-0.05, 0) is 43.2 Å². The average molecular weight is 306 g/mol. The molecule has 3 rings (SSSR count). The molecule has 2 heterocycles. The summed E-state index contributed by atoms with van der Waals surface area (Å²) in [7, 11) is 0. The van der Waals surface area contributed by atoms with Crippen LogP contribution in [0.4, 0.5) is 5.82 Å². The van der Waals surface area contributed by atoms with Gasteiger partial charge >= 0.3 is 0 Å². The maximum atomic E-state index is 12.4. The lowest BCUT2D eigenvalue weighted by Gasteiger charge is -2.07. The summed E-state index contributed by atoms with van der Waals surface area (Å²) in [6.45, 7) is 4.51. The largest absolute Gasteiger partial charge is 0.305 e. The predicted octanol–water partition coefficient (Wildman–Crippen LogP) is 3.20.